The van der Waals surface area contributed by atoms with E-state index in [-0.39, 0.29) is 5.78 Å². The van der Waals surface area contributed by atoms with Gasteiger partial charge in [0.2, 0.25) is 0 Å². The van der Waals surface area contributed by atoms with E-state index in [0.717, 1.165) is 16.6 Å². The SMILES string of the molecule is CCCOc1ccc(C2C3=C(Nc4c2c(=O)n(C)c(=O)n4C)c2ccccc2C3=O)cc1OC. The lowest BCUT2D eigenvalue weighted by atomic mass is 9.81. The Morgan fingerprint density at radius 1 is 0.971 bits per heavy atom. The molecular formula is C26H25N3O5. The van der Waals surface area contributed by atoms with Crippen LogP contribution in [0, 0.1) is 0 Å². The van der Waals surface area contributed by atoms with Crippen molar-refractivity contribution in [2.75, 3.05) is 19.0 Å². The van der Waals surface area contributed by atoms with Gasteiger partial charge in [-0.1, -0.05) is 37.3 Å². The lowest BCUT2D eigenvalue weighted by Gasteiger charge is -2.30. The zero-order chi connectivity index (χ0) is 24.1. The summed E-state index contributed by atoms with van der Waals surface area (Å²) in [6.07, 6.45) is 0.847. The Kier molecular flexibility index (Phi) is 5.16. The van der Waals surface area contributed by atoms with Crippen LogP contribution >= 0.6 is 0 Å². The number of hydrogen-bond donors (Lipinski definition) is 1. The average molecular weight is 460 g/mol. The Labute approximate surface area is 196 Å². The first-order chi connectivity index (χ1) is 16.4. The van der Waals surface area contributed by atoms with Crippen molar-refractivity contribution in [1.29, 1.82) is 0 Å². The number of ether oxygens (including phenoxy) is 2. The summed E-state index contributed by atoms with van der Waals surface area (Å²) in [6, 6.07) is 12.8. The summed E-state index contributed by atoms with van der Waals surface area (Å²) in [4.78, 5) is 39.7. The van der Waals surface area contributed by atoms with Crippen LogP contribution in [0.15, 0.2) is 57.6 Å². The lowest BCUT2D eigenvalue weighted by molar-refractivity contribution is 0.103. The zero-order valence-electron chi connectivity index (χ0n) is 19.5. The highest BCUT2D eigenvalue weighted by atomic mass is 16.5. The first-order valence-electron chi connectivity index (χ1n) is 11.1. The second-order valence-electron chi connectivity index (χ2n) is 8.45. The first kappa shape index (κ1) is 21.8. The van der Waals surface area contributed by atoms with E-state index in [0.29, 0.717) is 51.9 Å². The van der Waals surface area contributed by atoms with Gasteiger partial charge in [-0.2, -0.15) is 0 Å². The highest BCUT2D eigenvalue weighted by Gasteiger charge is 2.42. The van der Waals surface area contributed by atoms with Crippen LogP contribution < -0.4 is 26.0 Å². The van der Waals surface area contributed by atoms with Crippen LogP contribution in [0.4, 0.5) is 5.82 Å². The fourth-order valence-corrected chi connectivity index (χ4v) is 4.79. The highest BCUT2D eigenvalue weighted by Crippen LogP contribution is 2.48. The van der Waals surface area contributed by atoms with Crippen molar-refractivity contribution in [1.82, 2.24) is 9.13 Å². The molecule has 2 aliphatic rings. The van der Waals surface area contributed by atoms with Gasteiger partial charge in [-0.15, -0.1) is 0 Å². The van der Waals surface area contributed by atoms with Crippen molar-refractivity contribution in [3.05, 3.63) is 91.1 Å². The maximum Gasteiger partial charge on any atom is 0.332 e. The van der Waals surface area contributed by atoms with Crippen LogP contribution in [0.25, 0.3) is 5.70 Å². The molecule has 34 heavy (non-hydrogen) atoms. The third kappa shape index (κ3) is 3.02. The molecule has 174 valence electrons. The van der Waals surface area contributed by atoms with E-state index in [1.54, 1.807) is 32.4 Å². The molecule has 1 aliphatic carbocycles. The quantitative estimate of drug-likeness (QED) is 0.631. The van der Waals surface area contributed by atoms with Crippen LogP contribution in [-0.2, 0) is 14.1 Å². The summed E-state index contributed by atoms with van der Waals surface area (Å²) in [7, 11) is 4.61. The topological polar surface area (TPSA) is 91.6 Å². The van der Waals surface area contributed by atoms with Crippen LogP contribution in [-0.4, -0.2) is 28.6 Å². The van der Waals surface area contributed by atoms with Gasteiger partial charge in [0.1, 0.15) is 5.82 Å². The van der Waals surface area contributed by atoms with Gasteiger partial charge in [-0.05, 0) is 24.1 Å². The molecule has 1 unspecified atom stereocenters. The molecule has 1 aromatic heterocycles. The summed E-state index contributed by atoms with van der Waals surface area (Å²) in [6.45, 7) is 2.56. The molecule has 1 N–H and O–H groups in total. The van der Waals surface area contributed by atoms with Gasteiger partial charge in [0, 0.05) is 36.7 Å². The summed E-state index contributed by atoms with van der Waals surface area (Å²) in [5, 5.41) is 3.24. The van der Waals surface area contributed by atoms with Crippen molar-refractivity contribution >= 4 is 17.3 Å². The molecule has 1 aliphatic heterocycles. The Hall–Kier alpha value is -4.07. The predicted octanol–water partition coefficient (Wildman–Crippen LogP) is 3.05. The molecule has 1 atom stereocenters. The minimum Gasteiger partial charge on any atom is -0.493 e. The number of hydrogen-bond acceptors (Lipinski definition) is 6. The number of allylic oxidation sites excluding steroid dienone is 1. The van der Waals surface area contributed by atoms with E-state index >= 15 is 0 Å². The van der Waals surface area contributed by atoms with E-state index in [1.807, 2.05) is 31.2 Å². The zero-order valence-corrected chi connectivity index (χ0v) is 19.5. The largest absolute Gasteiger partial charge is 0.493 e. The van der Waals surface area contributed by atoms with Gasteiger partial charge in [-0.25, -0.2) is 4.79 Å². The lowest BCUT2D eigenvalue weighted by Crippen LogP contribution is -2.42. The summed E-state index contributed by atoms with van der Waals surface area (Å²) >= 11 is 0. The molecule has 0 amide bonds. The molecule has 5 rings (SSSR count). The smallest absolute Gasteiger partial charge is 0.332 e. The van der Waals surface area contributed by atoms with Crippen LogP contribution in [0.1, 0.15) is 46.3 Å². The van der Waals surface area contributed by atoms with E-state index in [1.165, 1.54) is 11.6 Å². The normalized spacial score (nSPS) is 16.0. The van der Waals surface area contributed by atoms with Gasteiger partial charge in [-0.3, -0.25) is 18.7 Å². The number of aromatic nitrogens is 2. The molecule has 0 bridgehead atoms. The fourth-order valence-electron chi connectivity index (χ4n) is 4.79. The third-order valence-electron chi connectivity index (χ3n) is 6.46. The number of benzene rings is 2. The molecule has 8 heteroatoms. The van der Waals surface area contributed by atoms with Crippen molar-refractivity contribution in [3.63, 3.8) is 0 Å². The molecule has 0 saturated carbocycles. The molecule has 0 radical (unpaired) electrons. The molecule has 8 nitrogen and oxygen atoms in total. The molecule has 2 aromatic carbocycles. The average Bonchev–Trinajstić information content (AvgIpc) is 3.15. The minimum absolute atomic E-state index is 0.144. The van der Waals surface area contributed by atoms with Gasteiger partial charge < -0.3 is 14.8 Å². The summed E-state index contributed by atoms with van der Waals surface area (Å²) < 4.78 is 13.9. The van der Waals surface area contributed by atoms with Crippen LogP contribution in [0.5, 0.6) is 11.5 Å². The third-order valence-corrected chi connectivity index (χ3v) is 6.46. The number of nitrogens with one attached hydrogen (secondary N) is 1. The van der Waals surface area contributed by atoms with E-state index in [2.05, 4.69) is 5.32 Å². The maximum absolute atomic E-state index is 13.6. The van der Waals surface area contributed by atoms with Crippen LogP contribution in [0.3, 0.4) is 0 Å². The Balaban J connectivity index is 1.80. The summed E-state index contributed by atoms with van der Waals surface area (Å²) in [5.41, 5.74) is 2.56. The number of anilines is 1. The number of Topliss-reactive ketones (excluding diaryl/α,β-unsaturated/α-hetero) is 1. The monoisotopic (exact) mass is 459 g/mol. The number of carbonyl (C=O) groups excluding carboxylic acids is 1. The molecule has 2 heterocycles. The number of methoxy groups -OCH3 is 1. The van der Waals surface area contributed by atoms with Gasteiger partial charge in [0.05, 0.1) is 25.0 Å². The maximum atomic E-state index is 13.6. The Morgan fingerprint density at radius 2 is 1.71 bits per heavy atom. The number of nitrogens with zero attached hydrogens (tertiary/aromatic N) is 2. The second-order valence-corrected chi connectivity index (χ2v) is 8.45. The van der Waals surface area contributed by atoms with Gasteiger partial charge in [0.25, 0.3) is 5.56 Å². The number of ketones is 1. The number of rotatable bonds is 5. The number of carbonyl (C=O) groups is 1. The fraction of sp³-hybridized carbons (Fsp3) is 0.269. The van der Waals surface area contributed by atoms with Gasteiger partial charge in [0.15, 0.2) is 17.3 Å². The second kappa shape index (κ2) is 8.06. The van der Waals surface area contributed by atoms with E-state index < -0.39 is 17.2 Å². The predicted molar refractivity (Wildman–Crippen MR) is 129 cm³/mol. The minimum atomic E-state index is -0.689. The molecule has 0 saturated heterocycles. The van der Waals surface area contributed by atoms with Gasteiger partial charge >= 0.3 is 5.69 Å². The number of fused-ring (bicyclic) bond motifs is 3. The highest BCUT2D eigenvalue weighted by molar-refractivity contribution is 6.23. The van der Waals surface area contributed by atoms with Crippen molar-refractivity contribution in [2.45, 2.75) is 19.3 Å². The Bertz CT molecular complexity index is 1500. The molecular weight excluding hydrogens is 434 g/mol. The molecule has 0 fully saturated rings. The summed E-state index contributed by atoms with van der Waals surface area (Å²) in [5.74, 6) is 0.649. The molecule has 0 spiro atoms. The van der Waals surface area contributed by atoms with E-state index in [4.69, 9.17) is 9.47 Å². The Morgan fingerprint density at radius 3 is 2.41 bits per heavy atom. The standard InChI is InChI=1S/C26H25N3O5/c1-5-12-34-17-11-10-14(13-18(17)33-4)19-20-22(15-8-6-7-9-16(15)23(20)30)27-24-21(19)25(31)29(3)26(32)28(24)2/h6-11,13,19,27H,5,12H2,1-4H3. The van der Waals surface area contributed by atoms with E-state index in [9.17, 15) is 14.4 Å². The van der Waals surface area contributed by atoms with Crippen molar-refractivity contribution in [3.8, 4) is 11.5 Å². The first-order valence-corrected chi connectivity index (χ1v) is 11.1. The van der Waals surface area contributed by atoms with Crippen LogP contribution in [0.2, 0.25) is 0 Å². The van der Waals surface area contributed by atoms with Crippen molar-refractivity contribution < 1.29 is 14.3 Å². The molecule has 3 aromatic rings. The van der Waals surface area contributed by atoms with Crippen molar-refractivity contribution in [2.24, 2.45) is 14.1 Å².